The van der Waals surface area contributed by atoms with Crippen LogP contribution in [0, 0.1) is 0 Å². The molecule has 2 aromatic heterocycles. The number of para-hydroxylation sites is 1. The summed E-state index contributed by atoms with van der Waals surface area (Å²) in [5.41, 5.74) is 5.77. The second kappa shape index (κ2) is 5.18. The lowest BCUT2D eigenvalue weighted by molar-refractivity contribution is 0.0520. The Hall–Kier alpha value is -3.14. The normalized spacial score (nSPS) is 12.4. The van der Waals surface area contributed by atoms with Gasteiger partial charge in [0.15, 0.2) is 5.69 Å². The lowest BCUT2D eigenvalue weighted by atomic mass is 9.94. The van der Waals surface area contributed by atoms with Crippen molar-refractivity contribution >= 4 is 27.8 Å². The second-order valence-electron chi connectivity index (χ2n) is 6.22. The van der Waals surface area contributed by atoms with E-state index in [2.05, 4.69) is 33.8 Å². The number of nitrogens with zero attached hydrogens (tertiary/aromatic N) is 2. The highest BCUT2D eigenvalue weighted by Gasteiger charge is 2.27. The first-order chi connectivity index (χ1) is 12.3. The molecule has 0 bridgehead atoms. The summed E-state index contributed by atoms with van der Waals surface area (Å²) in [6.45, 7) is 2.94. The second-order valence-corrected chi connectivity index (χ2v) is 6.22. The third-order valence-electron chi connectivity index (χ3n) is 4.89. The fourth-order valence-electron chi connectivity index (χ4n) is 3.88. The van der Waals surface area contributed by atoms with Gasteiger partial charge in [0, 0.05) is 34.6 Å². The molecule has 0 saturated carbocycles. The molecule has 0 saturated heterocycles. The third kappa shape index (κ3) is 1.88. The van der Waals surface area contributed by atoms with Crippen LogP contribution in [0.2, 0.25) is 0 Å². The molecule has 4 nitrogen and oxygen atoms in total. The molecule has 0 atom stereocenters. The van der Waals surface area contributed by atoms with E-state index in [-0.39, 0.29) is 5.97 Å². The number of rotatable bonds is 2. The highest BCUT2D eigenvalue weighted by molar-refractivity contribution is 6.16. The average Bonchev–Trinajstić information content (AvgIpc) is 2.97. The van der Waals surface area contributed by atoms with Gasteiger partial charge in [0.2, 0.25) is 0 Å². The first-order valence-electron chi connectivity index (χ1n) is 8.45. The Morgan fingerprint density at radius 1 is 1.12 bits per heavy atom. The first-order valence-corrected chi connectivity index (χ1v) is 8.45. The molecule has 0 aliphatic carbocycles. The Morgan fingerprint density at radius 3 is 2.80 bits per heavy atom. The number of hydrogen-bond acceptors (Lipinski definition) is 3. The van der Waals surface area contributed by atoms with Crippen molar-refractivity contribution in [2.24, 2.45) is 0 Å². The van der Waals surface area contributed by atoms with Crippen molar-refractivity contribution in [2.45, 2.75) is 13.5 Å². The Morgan fingerprint density at radius 2 is 1.92 bits per heavy atom. The van der Waals surface area contributed by atoms with Gasteiger partial charge in [0.25, 0.3) is 0 Å². The molecule has 0 amide bonds. The van der Waals surface area contributed by atoms with Crippen LogP contribution < -0.4 is 0 Å². The van der Waals surface area contributed by atoms with Crippen LogP contribution in [-0.4, -0.2) is 22.1 Å². The van der Waals surface area contributed by atoms with Crippen molar-refractivity contribution in [3.05, 3.63) is 66.0 Å². The van der Waals surface area contributed by atoms with Gasteiger partial charge in [-0.05, 0) is 24.1 Å². The number of pyridine rings is 1. The van der Waals surface area contributed by atoms with Crippen LogP contribution in [0.4, 0.5) is 0 Å². The van der Waals surface area contributed by atoms with Crippen LogP contribution in [0.25, 0.3) is 32.9 Å². The highest BCUT2D eigenvalue weighted by Crippen LogP contribution is 2.42. The summed E-state index contributed by atoms with van der Waals surface area (Å²) in [5, 5.41) is 2.24. The number of aromatic nitrogens is 2. The summed E-state index contributed by atoms with van der Waals surface area (Å²) in [6, 6.07) is 16.5. The molecule has 4 aromatic rings. The van der Waals surface area contributed by atoms with E-state index >= 15 is 0 Å². The zero-order valence-electron chi connectivity index (χ0n) is 13.8. The van der Waals surface area contributed by atoms with Gasteiger partial charge in [-0.1, -0.05) is 42.5 Å². The number of ether oxygens (including phenoxy) is 1. The molecule has 122 valence electrons. The van der Waals surface area contributed by atoms with Gasteiger partial charge in [-0.25, -0.2) is 9.78 Å². The maximum Gasteiger partial charge on any atom is 0.357 e. The minimum Gasteiger partial charge on any atom is -0.461 e. The zero-order valence-corrected chi connectivity index (χ0v) is 13.8. The van der Waals surface area contributed by atoms with Crippen molar-refractivity contribution in [3.8, 4) is 11.1 Å². The Balaban J connectivity index is 1.97. The van der Waals surface area contributed by atoms with Gasteiger partial charge in [0.1, 0.15) is 0 Å². The fourth-order valence-corrected chi connectivity index (χ4v) is 3.88. The van der Waals surface area contributed by atoms with E-state index < -0.39 is 0 Å². The number of benzene rings is 2. The Kier molecular flexibility index (Phi) is 2.95. The molecule has 1 aliphatic heterocycles. The van der Waals surface area contributed by atoms with E-state index in [4.69, 9.17) is 4.74 Å². The Bertz CT molecular complexity index is 1160. The molecule has 3 heterocycles. The van der Waals surface area contributed by atoms with E-state index in [1.807, 2.05) is 31.2 Å². The number of fused-ring (bicyclic) bond motifs is 5. The number of hydrogen-bond donors (Lipinski definition) is 0. The molecular formula is C21H16N2O2. The van der Waals surface area contributed by atoms with E-state index in [1.165, 1.54) is 5.56 Å². The van der Waals surface area contributed by atoms with E-state index in [0.29, 0.717) is 12.3 Å². The summed E-state index contributed by atoms with van der Waals surface area (Å²) >= 11 is 0. The summed E-state index contributed by atoms with van der Waals surface area (Å²) in [7, 11) is 0. The van der Waals surface area contributed by atoms with Crippen LogP contribution in [0.15, 0.2) is 54.7 Å². The molecule has 4 heteroatoms. The van der Waals surface area contributed by atoms with E-state index in [1.54, 1.807) is 6.20 Å². The van der Waals surface area contributed by atoms with Crippen molar-refractivity contribution in [2.75, 3.05) is 6.61 Å². The molecule has 0 spiro atoms. The molecule has 2 aromatic carbocycles. The fraction of sp³-hybridized carbons (Fsp3) is 0.143. The minimum absolute atomic E-state index is 0.336. The predicted octanol–water partition coefficient (Wildman–Crippen LogP) is 4.39. The predicted molar refractivity (Wildman–Crippen MR) is 97.7 cm³/mol. The monoisotopic (exact) mass is 328 g/mol. The van der Waals surface area contributed by atoms with Crippen LogP contribution in [0.1, 0.15) is 23.0 Å². The van der Waals surface area contributed by atoms with Crippen LogP contribution >= 0.6 is 0 Å². The zero-order chi connectivity index (χ0) is 17.0. The minimum atomic E-state index is -0.368. The number of carbonyl (C=O) groups is 1. The molecule has 0 radical (unpaired) electrons. The van der Waals surface area contributed by atoms with Gasteiger partial charge < -0.3 is 9.30 Å². The van der Waals surface area contributed by atoms with E-state index in [0.717, 1.165) is 39.5 Å². The Labute approximate surface area is 144 Å². The van der Waals surface area contributed by atoms with Gasteiger partial charge in [-0.2, -0.15) is 0 Å². The average molecular weight is 328 g/mol. The first kappa shape index (κ1) is 14.2. The smallest absolute Gasteiger partial charge is 0.357 e. The maximum absolute atomic E-state index is 12.5. The van der Waals surface area contributed by atoms with Crippen LogP contribution in [-0.2, 0) is 11.3 Å². The quantitative estimate of drug-likeness (QED) is 0.451. The van der Waals surface area contributed by atoms with Gasteiger partial charge in [0.05, 0.1) is 12.1 Å². The number of carbonyl (C=O) groups excluding carboxylic acids is 1. The molecule has 5 rings (SSSR count). The summed E-state index contributed by atoms with van der Waals surface area (Å²) < 4.78 is 7.55. The standard InChI is InChI=1S/C21H16N2O2/c1-2-25-21(24)19-18-14-8-4-3-7-13(14)12-23-17-10-6-5-9-15(17)16(11-22-19)20(18)23/h3-11H,2,12H2,1H3. The van der Waals surface area contributed by atoms with Crippen molar-refractivity contribution < 1.29 is 9.53 Å². The molecular weight excluding hydrogens is 312 g/mol. The molecule has 0 fully saturated rings. The van der Waals surface area contributed by atoms with Crippen LogP contribution in [0.3, 0.4) is 0 Å². The lowest BCUT2D eigenvalue weighted by Gasteiger charge is -2.21. The maximum atomic E-state index is 12.5. The lowest BCUT2D eigenvalue weighted by Crippen LogP contribution is -2.14. The molecule has 0 N–H and O–H groups in total. The highest BCUT2D eigenvalue weighted by atomic mass is 16.5. The summed E-state index contributed by atoms with van der Waals surface area (Å²) in [6.07, 6.45) is 1.80. The topological polar surface area (TPSA) is 44.1 Å². The van der Waals surface area contributed by atoms with Crippen LogP contribution in [0.5, 0.6) is 0 Å². The molecule has 0 unspecified atom stereocenters. The third-order valence-corrected chi connectivity index (χ3v) is 4.89. The number of esters is 1. The SMILES string of the molecule is CCOC(=O)c1ncc2c3ccccc3n3c2c1-c1ccccc1C3. The summed E-state index contributed by atoms with van der Waals surface area (Å²) in [5.74, 6) is -0.368. The van der Waals surface area contributed by atoms with Crippen molar-refractivity contribution in [1.82, 2.24) is 9.55 Å². The van der Waals surface area contributed by atoms with Crippen molar-refractivity contribution in [1.29, 1.82) is 0 Å². The molecule has 1 aliphatic rings. The van der Waals surface area contributed by atoms with Gasteiger partial charge in [-0.15, -0.1) is 0 Å². The van der Waals surface area contributed by atoms with E-state index in [9.17, 15) is 4.79 Å². The summed E-state index contributed by atoms with van der Waals surface area (Å²) in [4.78, 5) is 17.0. The molecule has 25 heavy (non-hydrogen) atoms. The van der Waals surface area contributed by atoms with Gasteiger partial charge >= 0.3 is 5.97 Å². The van der Waals surface area contributed by atoms with Gasteiger partial charge in [-0.3, -0.25) is 0 Å². The van der Waals surface area contributed by atoms with Crippen molar-refractivity contribution in [3.63, 3.8) is 0 Å². The largest absolute Gasteiger partial charge is 0.461 e.